The average molecular weight is 338 g/mol. The van der Waals surface area contributed by atoms with E-state index in [1.54, 1.807) is 0 Å². The largest absolute Gasteiger partial charge is 0.383 e. The summed E-state index contributed by atoms with van der Waals surface area (Å²) in [4.78, 5) is 11.6. The normalized spacial score (nSPS) is 13.0. The van der Waals surface area contributed by atoms with E-state index in [0.717, 1.165) is 24.6 Å². The van der Waals surface area contributed by atoms with E-state index >= 15 is 0 Å². The third-order valence-electron chi connectivity index (χ3n) is 2.76. The number of carbonyl (C=O) groups is 1. The van der Waals surface area contributed by atoms with Crippen molar-refractivity contribution < 1.29 is 22.3 Å². The van der Waals surface area contributed by atoms with E-state index in [1.165, 1.54) is 7.11 Å². The van der Waals surface area contributed by atoms with E-state index in [4.69, 9.17) is 15.4 Å². The second-order valence-electron chi connectivity index (χ2n) is 4.53. The summed E-state index contributed by atoms with van der Waals surface area (Å²) in [6, 6.07) is 2.53. The van der Waals surface area contributed by atoms with Crippen LogP contribution in [0.2, 0.25) is 0 Å². The molecule has 0 bridgehead atoms. The van der Waals surface area contributed by atoms with E-state index < -0.39 is 25.7 Å². The highest BCUT2D eigenvalue weighted by atomic mass is 35.7. The first-order valence-corrected chi connectivity index (χ1v) is 8.64. The lowest BCUT2D eigenvalue weighted by Gasteiger charge is -2.17. The smallest absolute Gasteiger partial charge is 0.261 e. The van der Waals surface area contributed by atoms with Crippen molar-refractivity contribution in [1.82, 2.24) is 5.32 Å². The van der Waals surface area contributed by atoms with E-state index in [1.807, 2.05) is 6.92 Å². The van der Waals surface area contributed by atoms with Gasteiger partial charge in [0.1, 0.15) is 5.82 Å². The maximum atomic E-state index is 13.4. The maximum Gasteiger partial charge on any atom is 0.261 e. The minimum absolute atomic E-state index is 0.105. The van der Waals surface area contributed by atoms with Gasteiger partial charge in [-0.05, 0) is 24.6 Å². The van der Waals surface area contributed by atoms with Gasteiger partial charge in [-0.3, -0.25) is 4.79 Å². The zero-order valence-electron chi connectivity index (χ0n) is 11.7. The van der Waals surface area contributed by atoms with Crippen LogP contribution in [0.3, 0.4) is 0 Å². The maximum absolute atomic E-state index is 13.4. The minimum atomic E-state index is -4.10. The molecular formula is C13H17ClFNO4S. The first kappa shape index (κ1) is 17.9. The van der Waals surface area contributed by atoms with E-state index in [-0.39, 0.29) is 11.6 Å². The molecule has 0 aliphatic carbocycles. The van der Waals surface area contributed by atoms with Gasteiger partial charge in [-0.1, -0.05) is 13.3 Å². The van der Waals surface area contributed by atoms with Gasteiger partial charge in [-0.15, -0.1) is 0 Å². The van der Waals surface area contributed by atoms with E-state index in [2.05, 4.69) is 5.32 Å². The topological polar surface area (TPSA) is 72.5 Å². The molecule has 1 unspecified atom stereocenters. The van der Waals surface area contributed by atoms with Crippen LogP contribution in [0, 0.1) is 5.82 Å². The van der Waals surface area contributed by atoms with Gasteiger partial charge in [0.2, 0.25) is 0 Å². The molecule has 1 aromatic carbocycles. The quantitative estimate of drug-likeness (QED) is 0.775. The van der Waals surface area contributed by atoms with Gasteiger partial charge in [0.15, 0.2) is 0 Å². The Hall–Kier alpha value is -1.18. The minimum Gasteiger partial charge on any atom is -0.383 e. The molecule has 0 saturated carbocycles. The van der Waals surface area contributed by atoms with E-state index in [0.29, 0.717) is 13.0 Å². The van der Waals surface area contributed by atoms with Crippen LogP contribution >= 0.6 is 10.7 Å². The van der Waals surface area contributed by atoms with Crippen molar-refractivity contribution in [3.8, 4) is 0 Å². The predicted molar refractivity (Wildman–Crippen MR) is 77.5 cm³/mol. The molecule has 0 radical (unpaired) electrons. The number of methoxy groups -OCH3 is 1. The highest BCUT2D eigenvalue weighted by molar-refractivity contribution is 8.13. The fraction of sp³-hybridized carbons (Fsp3) is 0.462. The summed E-state index contributed by atoms with van der Waals surface area (Å²) in [7, 11) is 2.57. The van der Waals surface area contributed by atoms with Gasteiger partial charge in [0.25, 0.3) is 15.0 Å². The lowest BCUT2D eigenvalue weighted by atomic mass is 10.1. The van der Waals surface area contributed by atoms with Crippen molar-refractivity contribution >= 4 is 25.6 Å². The van der Waals surface area contributed by atoms with Crippen molar-refractivity contribution in [2.24, 2.45) is 0 Å². The summed E-state index contributed by atoms with van der Waals surface area (Å²) in [5.74, 6) is -1.42. The van der Waals surface area contributed by atoms with Crippen LogP contribution in [0.4, 0.5) is 4.39 Å². The molecule has 8 heteroatoms. The Morgan fingerprint density at radius 1 is 1.43 bits per heavy atom. The fourth-order valence-corrected chi connectivity index (χ4v) is 2.64. The molecule has 1 aromatic rings. The van der Waals surface area contributed by atoms with Crippen LogP contribution in [0.25, 0.3) is 0 Å². The number of amides is 1. The van der Waals surface area contributed by atoms with Gasteiger partial charge in [-0.2, -0.15) is 0 Å². The van der Waals surface area contributed by atoms with Crippen LogP contribution < -0.4 is 5.32 Å². The number of carbonyl (C=O) groups excluding carboxylic acids is 1. The number of nitrogens with one attached hydrogen (secondary N) is 1. The Kier molecular flexibility index (Phi) is 6.57. The standard InChI is InChI=1S/C13H17ClFNO4S/c1-3-4-11(8-20-2)16-13(17)9-5-10(15)7-12(6-9)21(14,18)19/h5-7,11H,3-4,8H2,1-2H3,(H,16,17). The fourth-order valence-electron chi connectivity index (χ4n) is 1.85. The zero-order chi connectivity index (χ0) is 16.0. The third kappa shape index (κ3) is 5.61. The molecule has 0 aliphatic heterocycles. The van der Waals surface area contributed by atoms with Crippen molar-refractivity contribution in [3.05, 3.63) is 29.6 Å². The zero-order valence-corrected chi connectivity index (χ0v) is 13.3. The van der Waals surface area contributed by atoms with Crippen LogP contribution in [0.15, 0.2) is 23.1 Å². The van der Waals surface area contributed by atoms with Crippen LogP contribution in [-0.2, 0) is 13.8 Å². The molecule has 1 atom stereocenters. The molecule has 0 aromatic heterocycles. The summed E-state index contributed by atoms with van der Waals surface area (Å²) in [5, 5.41) is 2.67. The molecule has 0 heterocycles. The Morgan fingerprint density at radius 2 is 2.10 bits per heavy atom. The van der Waals surface area contributed by atoms with Crippen molar-refractivity contribution in [2.45, 2.75) is 30.7 Å². The molecule has 1 N–H and O–H groups in total. The van der Waals surface area contributed by atoms with E-state index in [9.17, 15) is 17.6 Å². The van der Waals surface area contributed by atoms with Crippen molar-refractivity contribution in [3.63, 3.8) is 0 Å². The summed E-state index contributed by atoms with van der Waals surface area (Å²) in [5.41, 5.74) is -0.105. The van der Waals surface area contributed by atoms with Gasteiger partial charge < -0.3 is 10.1 Å². The second kappa shape index (κ2) is 7.72. The molecule has 1 rings (SSSR count). The highest BCUT2D eigenvalue weighted by Gasteiger charge is 2.18. The summed E-state index contributed by atoms with van der Waals surface area (Å²) < 4.78 is 40.9. The number of hydrogen-bond acceptors (Lipinski definition) is 4. The molecule has 0 spiro atoms. The molecule has 5 nitrogen and oxygen atoms in total. The molecular weight excluding hydrogens is 321 g/mol. The molecule has 21 heavy (non-hydrogen) atoms. The first-order valence-electron chi connectivity index (χ1n) is 6.33. The monoisotopic (exact) mass is 337 g/mol. The van der Waals surface area contributed by atoms with Gasteiger partial charge in [0.05, 0.1) is 17.5 Å². The Bertz CT molecular complexity index is 600. The molecule has 0 aliphatic rings. The predicted octanol–water partition coefficient (Wildman–Crippen LogP) is 2.30. The Balaban J connectivity index is 2.99. The third-order valence-corrected chi connectivity index (χ3v) is 4.09. The average Bonchev–Trinajstić information content (AvgIpc) is 2.37. The van der Waals surface area contributed by atoms with Crippen molar-refractivity contribution in [1.29, 1.82) is 0 Å². The number of halogens is 2. The van der Waals surface area contributed by atoms with Crippen molar-refractivity contribution in [2.75, 3.05) is 13.7 Å². The van der Waals surface area contributed by atoms with Crippen LogP contribution in [0.1, 0.15) is 30.1 Å². The molecule has 0 saturated heterocycles. The number of rotatable bonds is 7. The first-order chi connectivity index (χ1) is 9.77. The number of ether oxygens (including phenoxy) is 1. The summed E-state index contributed by atoms with van der Waals surface area (Å²) in [6.07, 6.45) is 1.52. The summed E-state index contributed by atoms with van der Waals surface area (Å²) >= 11 is 0. The highest BCUT2D eigenvalue weighted by Crippen LogP contribution is 2.18. The lowest BCUT2D eigenvalue weighted by Crippen LogP contribution is -2.38. The Morgan fingerprint density at radius 3 is 2.62 bits per heavy atom. The number of hydrogen-bond donors (Lipinski definition) is 1. The molecule has 118 valence electrons. The number of benzene rings is 1. The second-order valence-corrected chi connectivity index (χ2v) is 7.09. The molecule has 0 fully saturated rings. The summed E-state index contributed by atoms with van der Waals surface area (Å²) in [6.45, 7) is 2.27. The van der Waals surface area contributed by atoms with Gasteiger partial charge in [0, 0.05) is 23.4 Å². The molecule has 1 amide bonds. The van der Waals surface area contributed by atoms with Gasteiger partial charge in [-0.25, -0.2) is 12.8 Å². The van der Waals surface area contributed by atoms with Crippen LogP contribution in [-0.4, -0.2) is 34.1 Å². The van der Waals surface area contributed by atoms with Crippen LogP contribution in [0.5, 0.6) is 0 Å². The lowest BCUT2D eigenvalue weighted by molar-refractivity contribution is 0.0891. The van der Waals surface area contributed by atoms with Gasteiger partial charge >= 0.3 is 0 Å². The Labute approximate surface area is 127 Å². The SMILES string of the molecule is CCCC(COC)NC(=O)c1cc(F)cc(S(=O)(=O)Cl)c1.